The maximum atomic E-state index is 12.5. The second-order valence-corrected chi connectivity index (χ2v) is 6.32. The number of amides is 1. The molecule has 5 nitrogen and oxygen atoms in total. The first-order valence-electron chi connectivity index (χ1n) is 8.41. The number of carbonyl (C=O) groups is 2. The van der Waals surface area contributed by atoms with E-state index in [-0.39, 0.29) is 0 Å². The third kappa shape index (κ3) is 2.83. The van der Waals surface area contributed by atoms with E-state index in [4.69, 9.17) is 0 Å². The van der Waals surface area contributed by atoms with E-state index in [0.29, 0.717) is 11.3 Å². The summed E-state index contributed by atoms with van der Waals surface area (Å²) in [5, 5.41) is 3.50. The van der Waals surface area contributed by atoms with Gasteiger partial charge in [0.25, 0.3) is 11.7 Å². The molecule has 1 amide bonds. The molecule has 0 radical (unpaired) electrons. The van der Waals surface area contributed by atoms with Gasteiger partial charge in [0.2, 0.25) is 0 Å². The molecule has 2 aromatic carbocycles. The number of nitrogens with zero attached hydrogens (tertiary/aromatic N) is 1. The monoisotopic (exact) mass is 333 g/mol. The number of aromatic nitrogens is 1. The number of anilines is 1. The van der Waals surface area contributed by atoms with E-state index in [1.165, 1.54) is 11.1 Å². The highest BCUT2D eigenvalue weighted by Crippen LogP contribution is 2.25. The molecule has 1 aliphatic rings. The number of aromatic amines is 1. The van der Waals surface area contributed by atoms with Gasteiger partial charge < -0.3 is 10.3 Å². The quantitative estimate of drug-likeness (QED) is 0.568. The standard InChI is InChI=1S/C20H19N3O2/c1-2-23-11-13-7-8-15(9-14(13)12-23)22-20(25)19(24)17-10-21-18-6-4-3-5-16(17)18/h3-10,21H,2,11-12H2,1H3,(H,22,25). The smallest absolute Gasteiger partial charge is 0.296 e. The summed E-state index contributed by atoms with van der Waals surface area (Å²) in [6.07, 6.45) is 1.59. The number of hydrogen-bond donors (Lipinski definition) is 2. The van der Waals surface area contributed by atoms with E-state index < -0.39 is 11.7 Å². The maximum absolute atomic E-state index is 12.5. The SMILES string of the molecule is CCN1Cc2ccc(NC(=O)C(=O)c3c[nH]c4ccccc34)cc2C1. The van der Waals surface area contributed by atoms with Gasteiger partial charge in [-0.3, -0.25) is 14.5 Å². The number of Topliss-reactive ketones (excluding diaryl/α,β-unsaturated/α-hetero) is 1. The molecule has 126 valence electrons. The van der Waals surface area contributed by atoms with Crippen molar-refractivity contribution in [3.05, 3.63) is 65.4 Å². The third-order valence-electron chi connectivity index (χ3n) is 4.74. The zero-order valence-corrected chi connectivity index (χ0v) is 14.0. The van der Waals surface area contributed by atoms with E-state index in [1.807, 2.05) is 42.5 Å². The molecule has 0 aliphatic carbocycles. The molecule has 0 bridgehead atoms. The van der Waals surface area contributed by atoms with Crippen LogP contribution in [0.25, 0.3) is 10.9 Å². The summed E-state index contributed by atoms with van der Waals surface area (Å²) < 4.78 is 0. The summed E-state index contributed by atoms with van der Waals surface area (Å²) in [6.45, 7) is 4.95. The summed E-state index contributed by atoms with van der Waals surface area (Å²) in [5.41, 5.74) is 4.39. The minimum Gasteiger partial charge on any atom is -0.360 e. The largest absolute Gasteiger partial charge is 0.360 e. The molecular weight excluding hydrogens is 314 g/mol. The normalized spacial score (nSPS) is 13.8. The Labute approximate surface area is 145 Å². The lowest BCUT2D eigenvalue weighted by atomic mass is 10.1. The van der Waals surface area contributed by atoms with E-state index in [0.717, 1.165) is 30.5 Å². The number of ketones is 1. The van der Waals surface area contributed by atoms with Crippen LogP contribution in [0.15, 0.2) is 48.7 Å². The predicted octanol–water partition coefficient (Wildman–Crippen LogP) is 3.32. The highest BCUT2D eigenvalue weighted by molar-refractivity contribution is 6.48. The van der Waals surface area contributed by atoms with Crippen LogP contribution in [-0.4, -0.2) is 28.1 Å². The number of carbonyl (C=O) groups excluding carboxylic acids is 2. The molecule has 1 aromatic heterocycles. The zero-order valence-electron chi connectivity index (χ0n) is 14.0. The highest BCUT2D eigenvalue weighted by Gasteiger charge is 2.21. The van der Waals surface area contributed by atoms with Crippen LogP contribution in [0.4, 0.5) is 5.69 Å². The van der Waals surface area contributed by atoms with Crippen molar-refractivity contribution in [3.63, 3.8) is 0 Å². The van der Waals surface area contributed by atoms with Gasteiger partial charge in [-0.25, -0.2) is 0 Å². The first kappa shape index (κ1) is 15.6. The Bertz CT molecular complexity index is 974. The van der Waals surface area contributed by atoms with Gasteiger partial charge in [-0.05, 0) is 35.9 Å². The maximum Gasteiger partial charge on any atom is 0.296 e. The van der Waals surface area contributed by atoms with E-state index in [1.54, 1.807) is 6.20 Å². The second kappa shape index (κ2) is 6.18. The average Bonchev–Trinajstić information content (AvgIpc) is 3.24. The molecule has 0 atom stereocenters. The van der Waals surface area contributed by atoms with Crippen LogP contribution in [-0.2, 0) is 17.9 Å². The second-order valence-electron chi connectivity index (χ2n) is 6.32. The molecule has 0 spiro atoms. The molecule has 1 aliphatic heterocycles. The van der Waals surface area contributed by atoms with Crippen molar-refractivity contribution in [3.8, 4) is 0 Å². The van der Waals surface area contributed by atoms with Crippen LogP contribution in [0, 0.1) is 0 Å². The van der Waals surface area contributed by atoms with Crippen LogP contribution in [0.1, 0.15) is 28.4 Å². The molecule has 0 fully saturated rings. The van der Waals surface area contributed by atoms with Crippen LogP contribution in [0.3, 0.4) is 0 Å². The zero-order chi connectivity index (χ0) is 17.4. The molecule has 3 aromatic rings. The Morgan fingerprint density at radius 3 is 2.76 bits per heavy atom. The molecular formula is C20H19N3O2. The van der Waals surface area contributed by atoms with Crippen LogP contribution >= 0.6 is 0 Å². The summed E-state index contributed by atoms with van der Waals surface area (Å²) >= 11 is 0. The molecule has 25 heavy (non-hydrogen) atoms. The topological polar surface area (TPSA) is 65.2 Å². The van der Waals surface area contributed by atoms with Gasteiger partial charge in [0, 0.05) is 35.9 Å². The van der Waals surface area contributed by atoms with Gasteiger partial charge in [-0.15, -0.1) is 0 Å². The molecule has 4 rings (SSSR count). The van der Waals surface area contributed by atoms with Crippen molar-refractivity contribution in [1.29, 1.82) is 0 Å². The molecule has 0 saturated heterocycles. The lowest BCUT2D eigenvalue weighted by molar-refractivity contribution is -0.112. The van der Waals surface area contributed by atoms with Crippen molar-refractivity contribution in [2.75, 3.05) is 11.9 Å². The fraction of sp³-hybridized carbons (Fsp3) is 0.200. The number of benzene rings is 2. The Hall–Kier alpha value is -2.92. The Morgan fingerprint density at radius 1 is 1.12 bits per heavy atom. The van der Waals surface area contributed by atoms with Crippen LogP contribution in [0.2, 0.25) is 0 Å². The molecule has 0 unspecified atom stereocenters. The Balaban J connectivity index is 1.54. The van der Waals surface area contributed by atoms with Gasteiger partial charge in [-0.2, -0.15) is 0 Å². The minimum atomic E-state index is -0.616. The predicted molar refractivity (Wildman–Crippen MR) is 97.5 cm³/mol. The Morgan fingerprint density at radius 2 is 1.92 bits per heavy atom. The first-order chi connectivity index (χ1) is 12.2. The number of hydrogen-bond acceptors (Lipinski definition) is 3. The summed E-state index contributed by atoms with van der Waals surface area (Å²) in [7, 11) is 0. The summed E-state index contributed by atoms with van der Waals surface area (Å²) in [4.78, 5) is 30.3. The molecule has 0 saturated carbocycles. The molecule has 5 heteroatoms. The summed E-state index contributed by atoms with van der Waals surface area (Å²) in [6, 6.07) is 13.3. The number of rotatable bonds is 4. The van der Waals surface area contributed by atoms with Crippen LogP contribution in [0.5, 0.6) is 0 Å². The van der Waals surface area contributed by atoms with Crippen molar-refractivity contribution >= 4 is 28.3 Å². The first-order valence-corrected chi connectivity index (χ1v) is 8.41. The lowest BCUT2D eigenvalue weighted by Gasteiger charge is -2.09. The number of H-pyrrole nitrogens is 1. The average molecular weight is 333 g/mol. The number of nitrogens with one attached hydrogen (secondary N) is 2. The number of para-hydroxylation sites is 1. The summed E-state index contributed by atoms with van der Waals surface area (Å²) in [5.74, 6) is -1.15. The van der Waals surface area contributed by atoms with Crippen molar-refractivity contribution < 1.29 is 9.59 Å². The van der Waals surface area contributed by atoms with Crippen molar-refractivity contribution in [2.45, 2.75) is 20.0 Å². The molecule has 2 N–H and O–H groups in total. The fourth-order valence-corrected chi connectivity index (χ4v) is 3.34. The van der Waals surface area contributed by atoms with E-state index >= 15 is 0 Å². The van der Waals surface area contributed by atoms with E-state index in [9.17, 15) is 9.59 Å². The Kier molecular flexibility index (Phi) is 3.86. The van der Waals surface area contributed by atoms with Gasteiger partial charge in [0.15, 0.2) is 0 Å². The van der Waals surface area contributed by atoms with E-state index in [2.05, 4.69) is 22.1 Å². The van der Waals surface area contributed by atoms with Gasteiger partial charge in [0.05, 0.1) is 5.56 Å². The third-order valence-corrected chi connectivity index (χ3v) is 4.74. The highest BCUT2D eigenvalue weighted by atomic mass is 16.2. The fourth-order valence-electron chi connectivity index (χ4n) is 3.34. The van der Waals surface area contributed by atoms with Crippen molar-refractivity contribution in [1.82, 2.24) is 9.88 Å². The van der Waals surface area contributed by atoms with Gasteiger partial charge >= 0.3 is 0 Å². The van der Waals surface area contributed by atoms with Crippen molar-refractivity contribution in [2.24, 2.45) is 0 Å². The minimum absolute atomic E-state index is 0.395. The lowest BCUT2D eigenvalue weighted by Crippen LogP contribution is -2.22. The van der Waals surface area contributed by atoms with Gasteiger partial charge in [0.1, 0.15) is 0 Å². The number of fused-ring (bicyclic) bond motifs is 2. The van der Waals surface area contributed by atoms with Gasteiger partial charge in [-0.1, -0.05) is 31.2 Å². The molecule has 2 heterocycles. The van der Waals surface area contributed by atoms with Crippen LogP contribution < -0.4 is 5.32 Å².